The summed E-state index contributed by atoms with van der Waals surface area (Å²) in [5, 5.41) is 3.36. The van der Waals surface area contributed by atoms with Crippen molar-refractivity contribution in [3.05, 3.63) is 26.9 Å². The number of pyridine rings is 1. The lowest BCUT2D eigenvalue weighted by molar-refractivity contribution is 0.0394. The highest BCUT2D eigenvalue weighted by Gasteiger charge is 2.26. The van der Waals surface area contributed by atoms with Gasteiger partial charge in [0.2, 0.25) is 0 Å². The van der Waals surface area contributed by atoms with Gasteiger partial charge in [-0.2, -0.15) is 0 Å². The molecule has 5 heteroatoms. The first-order valence-corrected chi connectivity index (χ1v) is 7.37. The number of nitrogens with one attached hydrogen (secondary N) is 1. The quantitative estimate of drug-likeness (QED) is 0.894. The average molecular weight is 364 g/mol. The third kappa shape index (κ3) is 3.28. The fourth-order valence-corrected chi connectivity index (χ4v) is 3.51. The van der Waals surface area contributed by atoms with Gasteiger partial charge < -0.3 is 10.1 Å². The highest BCUT2D eigenvalue weighted by molar-refractivity contribution is 9.11. The molecule has 17 heavy (non-hydrogen) atoms. The van der Waals surface area contributed by atoms with Crippen LogP contribution in [0.25, 0.3) is 0 Å². The Balaban J connectivity index is 2.21. The minimum Gasteiger partial charge on any atom is -0.381 e. The molecule has 1 aliphatic rings. The fourth-order valence-electron chi connectivity index (χ4n) is 2.28. The van der Waals surface area contributed by atoms with Gasteiger partial charge in [0.1, 0.15) is 0 Å². The SMILES string of the molecule is CNC(c1ncc(Br)cc1Br)C1CCCOC1. The predicted octanol–water partition coefficient (Wildman–Crippen LogP) is 3.29. The fraction of sp³-hybridized carbons (Fsp3) is 0.583. The third-order valence-corrected chi connectivity index (χ3v) is 4.18. The van der Waals surface area contributed by atoms with E-state index in [0.717, 1.165) is 34.3 Å². The molecule has 1 aromatic rings. The van der Waals surface area contributed by atoms with Crippen LogP contribution in [-0.4, -0.2) is 25.2 Å². The van der Waals surface area contributed by atoms with Crippen molar-refractivity contribution in [1.82, 2.24) is 10.3 Å². The Kier molecular flexibility index (Phi) is 4.97. The van der Waals surface area contributed by atoms with Crippen molar-refractivity contribution in [3.63, 3.8) is 0 Å². The second-order valence-corrected chi connectivity index (χ2v) is 6.03. The van der Waals surface area contributed by atoms with Crippen LogP contribution in [0.15, 0.2) is 21.2 Å². The van der Waals surface area contributed by atoms with Crippen LogP contribution in [-0.2, 0) is 4.74 Å². The van der Waals surface area contributed by atoms with Crippen molar-refractivity contribution in [3.8, 4) is 0 Å². The Morgan fingerprint density at radius 2 is 2.35 bits per heavy atom. The number of nitrogens with zero attached hydrogens (tertiary/aromatic N) is 1. The van der Waals surface area contributed by atoms with Crippen molar-refractivity contribution in [1.29, 1.82) is 0 Å². The van der Waals surface area contributed by atoms with E-state index in [1.807, 2.05) is 19.3 Å². The van der Waals surface area contributed by atoms with Gasteiger partial charge in [-0.15, -0.1) is 0 Å². The maximum absolute atomic E-state index is 5.56. The molecule has 94 valence electrons. The summed E-state index contributed by atoms with van der Waals surface area (Å²) in [7, 11) is 1.98. The van der Waals surface area contributed by atoms with Crippen LogP contribution in [0.4, 0.5) is 0 Å². The Labute approximate surface area is 119 Å². The van der Waals surface area contributed by atoms with E-state index >= 15 is 0 Å². The molecule has 0 spiro atoms. The van der Waals surface area contributed by atoms with E-state index in [-0.39, 0.29) is 6.04 Å². The van der Waals surface area contributed by atoms with E-state index in [4.69, 9.17) is 4.74 Å². The molecule has 2 unspecified atom stereocenters. The summed E-state index contributed by atoms with van der Waals surface area (Å²) in [5.74, 6) is 0.499. The summed E-state index contributed by atoms with van der Waals surface area (Å²) in [4.78, 5) is 4.51. The van der Waals surface area contributed by atoms with Crippen LogP contribution in [0.1, 0.15) is 24.6 Å². The number of hydrogen-bond acceptors (Lipinski definition) is 3. The molecule has 1 N–H and O–H groups in total. The van der Waals surface area contributed by atoms with E-state index in [9.17, 15) is 0 Å². The zero-order chi connectivity index (χ0) is 12.3. The van der Waals surface area contributed by atoms with E-state index in [0.29, 0.717) is 5.92 Å². The zero-order valence-corrected chi connectivity index (χ0v) is 12.9. The molecule has 2 rings (SSSR count). The normalized spacial score (nSPS) is 22.4. The van der Waals surface area contributed by atoms with Crippen molar-refractivity contribution in [2.24, 2.45) is 5.92 Å². The number of hydrogen-bond donors (Lipinski definition) is 1. The lowest BCUT2D eigenvalue weighted by atomic mass is 9.91. The smallest absolute Gasteiger partial charge is 0.0719 e. The summed E-state index contributed by atoms with van der Waals surface area (Å²) in [6.07, 6.45) is 4.17. The predicted molar refractivity (Wildman–Crippen MR) is 75.0 cm³/mol. The molecule has 1 aromatic heterocycles. The van der Waals surface area contributed by atoms with Crippen LogP contribution in [0, 0.1) is 5.92 Å². The first-order chi connectivity index (χ1) is 8.22. The second-order valence-electron chi connectivity index (χ2n) is 4.26. The first-order valence-electron chi connectivity index (χ1n) is 5.78. The Morgan fingerprint density at radius 3 is 2.94 bits per heavy atom. The molecule has 0 amide bonds. The molecule has 2 heterocycles. The summed E-state index contributed by atoms with van der Waals surface area (Å²) in [6, 6.07) is 2.29. The van der Waals surface area contributed by atoms with Crippen LogP contribution >= 0.6 is 31.9 Å². The molecular formula is C12H16Br2N2O. The molecule has 1 saturated heterocycles. The molecule has 0 radical (unpaired) electrons. The van der Waals surface area contributed by atoms with Crippen molar-refractivity contribution >= 4 is 31.9 Å². The van der Waals surface area contributed by atoms with Gasteiger partial charge >= 0.3 is 0 Å². The van der Waals surface area contributed by atoms with Gasteiger partial charge in [-0.3, -0.25) is 4.98 Å². The highest BCUT2D eigenvalue weighted by atomic mass is 79.9. The Hall–Kier alpha value is 0.0300. The summed E-state index contributed by atoms with van der Waals surface area (Å²) in [6.45, 7) is 1.71. The molecule has 1 aliphatic heterocycles. The second kappa shape index (κ2) is 6.27. The topological polar surface area (TPSA) is 34.2 Å². The summed E-state index contributed by atoms with van der Waals surface area (Å²) >= 11 is 7.01. The number of aromatic nitrogens is 1. The van der Waals surface area contributed by atoms with Crippen molar-refractivity contribution in [2.75, 3.05) is 20.3 Å². The van der Waals surface area contributed by atoms with E-state index < -0.39 is 0 Å². The molecule has 2 atom stereocenters. The minimum atomic E-state index is 0.248. The lowest BCUT2D eigenvalue weighted by Crippen LogP contribution is -2.32. The maximum Gasteiger partial charge on any atom is 0.0719 e. The molecule has 0 aromatic carbocycles. The standard InChI is InChI=1S/C12H16Br2N2O/c1-15-11(8-3-2-4-17-7-8)12-10(14)5-9(13)6-16-12/h5-6,8,11,15H,2-4,7H2,1H3. The Bertz CT molecular complexity index is 381. The minimum absolute atomic E-state index is 0.248. The van der Waals surface area contributed by atoms with Gasteiger partial charge in [0.25, 0.3) is 0 Å². The summed E-state index contributed by atoms with van der Waals surface area (Å²) < 4.78 is 7.59. The van der Waals surface area contributed by atoms with Crippen LogP contribution in [0.5, 0.6) is 0 Å². The third-order valence-electron chi connectivity index (χ3n) is 3.11. The molecule has 1 fully saturated rings. The van der Waals surface area contributed by atoms with E-state index in [2.05, 4.69) is 42.2 Å². The van der Waals surface area contributed by atoms with Crippen molar-refractivity contribution in [2.45, 2.75) is 18.9 Å². The molecule has 0 saturated carbocycles. The van der Waals surface area contributed by atoms with Gasteiger partial charge in [-0.25, -0.2) is 0 Å². The molecule has 0 aliphatic carbocycles. The molecule has 0 bridgehead atoms. The monoisotopic (exact) mass is 362 g/mol. The van der Waals surface area contributed by atoms with Crippen molar-refractivity contribution < 1.29 is 4.74 Å². The lowest BCUT2D eigenvalue weighted by Gasteiger charge is -2.30. The highest BCUT2D eigenvalue weighted by Crippen LogP contribution is 2.32. The number of halogens is 2. The Morgan fingerprint density at radius 1 is 1.53 bits per heavy atom. The van der Waals surface area contributed by atoms with Crippen LogP contribution in [0.3, 0.4) is 0 Å². The average Bonchev–Trinajstić information content (AvgIpc) is 2.34. The zero-order valence-electron chi connectivity index (χ0n) is 9.75. The first kappa shape index (κ1) is 13.5. The summed E-state index contributed by atoms with van der Waals surface area (Å²) in [5.41, 5.74) is 1.06. The van der Waals surface area contributed by atoms with Crippen LogP contribution < -0.4 is 5.32 Å². The van der Waals surface area contributed by atoms with Gasteiger partial charge in [0.15, 0.2) is 0 Å². The largest absolute Gasteiger partial charge is 0.381 e. The molecule has 3 nitrogen and oxygen atoms in total. The van der Waals surface area contributed by atoms with Gasteiger partial charge in [0.05, 0.1) is 18.3 Å². The van der Waals surface area contributed by atoms with Crippen LogP contribution in [0.2, 0.25) is 0 Å². The van der Waals surface area contributed by atoms with Gasteiger partial charge in [-0.05, 0) is 57.8 Å². The van der Waals surface area contributed by atoms with Gasteiger partial charge in [-0.1, -0.05) is 0 Å². The number of rotatable bonds is 3. The number of ether oxygens (including phenoxy) is 1. The van der Waals surface area contributed by atoms with E-state index in [1.54, 1.807) is 0 Å². The molecular weight excluding hydrogens is 348 g/mol. The maximum atomic E-state index is 5.56. The van der Waals surface area contributed by atoms with Gasteiger partial charge in [0, 0.05) is 27.7 Å². The van der Waals surface area contributed by atoms with E-state index in [1.165, 1.54) is 6.42 Å².